The molecule has 1 aliphatic carbocycles. The highest BCUT2D eigenvalue weighted by atomic mass is 16.5. The number of nitrogens with zero attached hydrogens (tertiary/aromatic N) is 2. The normalized spacial score (nSPS) is 13.6. The van der Waals surface area contributed by atoms with Gasteiger partial charge in [-0.3, -0.25) is 0 Å². The molecule has 0 fully saturated rings. The van der Waals surface area contributed by atoms with Crippen LogP contribution in [-0.4, -0.2) is 16.5 Å². The van der Waals surface area contributed by atoms with Gasteiger partial charge in [-0.1, -0.05) is 6.07 Å². The molecule has 3 rings (SSSR count). The highest BCUT2D eigenvalue weighted by molar-refractivity contribution is 5.45. The van der Waals surface area contributed by atoms with Crippen molar-refractivity contribution in [3.8, 4) is 11.6 Å². The van der Waals surface area contributed by atoms with Crippen molar-refractivity contribution in [3.63, 3.8) is 0 Å². The van der Waals surface area contributed by atoms with E-state index in [1.807, 2.05) is 13.0 Å². The van der Waals surface area contributed by atoms with E-state index in [9.17, 15) is 0 Å². The molecule has 0 atom stereocenters. The summed E-state index contributed by atoms with van der Waals surface area (Å²) in [6.07, 6.45) is 4.82. The summed E-state index contributed by atoms with van der Waals surface area (Å²) in [6.45, 7) is 2.77. The van der Waals surface area contributed by atoms with Crippen LogP contribution in [-0.2, 0) is 12.8 Å². The van der Waals surface area contributed by atoms with Crippen LogP contribution in [0.1, 0.15) is 30.9 Å². The summed E-state index contributed by atoms with van der Waals surface area (Å²) in [5, 5.41) is 3.11. The van der Waals surface area contributed by atoms with Crippen molar-refractivity contribution in [3.05, 3.63) is 35.4 Å². The Bertz CT molecular complexity index is 642. The van der Waals surface area contributed by atoms with Crippen molar-refractivity contribution < 1.29 is 4.74 Å². The zero-order valence-electron chi connectivity index (χ0n) is 12.2. The van der Waals surface area contributed by atoms with Crippen LogP contribution in [0.25, 0.3) is 0 Å². The molecule has 0 amide bonds. The number of nitrogens with two attached hydrogens (primary N) is 1. The van der Waals surface area contributed by atoms with Gasteiger partial charge in [0.15, 0.2) is 0 Å². The predicted molar refractivity (Wildman–Crippen MR) is 83.8 cm³/mol. The zero-order chi connectivity index (χ0) is 14.7. The van der Waals surface area contributed by atoms with E-state index in [1.54, 1.807) is 6.07 Å². The van der Waals surface area contributed by atoms with Crippen molar-refractivity contribution in [1.29, 1.82) is 0 Å². The average Bonchev–Trinajstić information content (AvgIpc) is 2.47. The van der Waals surface area contributed by atoms with Crippen molar-refractivity contribution in [2.45, 2.75) is 32.6 Å². The van der Waals surface area contributed by atoms with Gasteiger partial charge in [-0.25, -0.2) is 0 Å². The first-order valence-corrected chi connectivity index (χ1v) is 7.42. The Balaban J connectivity index is 1.83. The first-order chi connectivity index (χ1) is 10.2. The number of aromatic nitrogens is 2. The zero-order valence-corrected chi connectivity index (χ0v) is 12.2. The molecular formula is C16H20N4O. The maximum absolute atomic E-state index is 5.84. The molecule has 1 aromatic heterocycles. The molecule has 21 heavy (non-hydrogen) atoms. The summed E-state index contributed by atoms with van der Waals surface area (Å²) in [5.74, 6) is 2.16. The molecule has 5 nitrogen and oxygen atoms in total. The van der Waals surface area contributed by atoms with E-state index in [0.717, 1.165) is 18.7 Å². The minimum atomic E-state index is 0.210. The number of benzene rings is 1. The topological polar surface area (TPSA) is 73.1 Å². The maximum Gasteiger partial charge on any atom is 0.226 e. The molecule has 3 N–H and O–H groups in total. The summed E-state index contributed by atoms with van der Waals surface area (Å²) in [7, 11) is 0. The second kappa shape index (κ2) is 5.99. The van der Waals surface area contributed by atoms with Crippen LogP contribution in [0.3, 0.4) is 0 Å². The number of hydrogen-bond acceptors (Lipinski definition) is 5. The Kier molecular flexibility index (Phi) is 3.90. The molecular weight excluding hydrogens is 264 g/mol. The predicted octanol–water partition coefficient (Wildman–Crippen LogP) is 3.16. The Labute approximate surface area is 124 Å². The lowest BCUT2D eigenvalue weighted by Gasteiger charge is -2.16. The van der Waals surface area contributed by atoms with Crippen molar-refractivity contribution in [2.75, 3.05) is 17.6 Å². The average molecular weight is 284 g/mol. The summed E-state index contributed by atoms with van der Waals surface area (Å²) >= 11 is 0. The standard InChI is InChI=1S/C16H20N4O/c1-2-18-14-10-15(20-16(17)19-14)21-13-8-7-11-5-3-4-6-12(11)9-13/h7-10H,2-6H2,1H3,(H3,17,18,19,20). The molecule has 0 radical (unpaired) electrons. The van der Waals surface area contributed by atoms with Crippen LogP contribution in [0, 0.1) is 0 Å². The lowest BCUT2D eigenvalue weighted by atomic mass is 9.92. The fourth-order valence-electron chi connectivity index (χ4n) is 2.66. The van der Waals surface area contributed by atoms with Gasteiger partial charge in [0.1, 0.15) is 11.6 Å². The summed E-state index contributed by atoms with van der Waals surface area (Å²) in [6, 6.07) is 8.02. The molecule has 0 aliphatic heterocycles. The molecule has 1 aliphatic rings. The molecule has 2 aromatic rings. The summed E-state index contributed by atoms with van der Waals surface area (Å²) in [4.78, 5) is 8.24. The Morgan fingerprint density at radius 3 is 2.76 bits per heavy atom. The Morgan fingerprint density at radius 1 is 1.14 bits per heavy atom. The third-order valence-electron chi connectivity index (χ3n) is 3.62. The fourth-order valence-corrected chi connectivity index (χ4v) is 2.66. The molecule has 0 spiro atoms. The number of anilines is 2. The lowest BCUT2D eigenvalue weighted by Crippen LogP contribution is -2.05. The van der Waals surface area contributed by atoms with Crippen LogP contribution in [0.2, 0.25) is 0 Å². The first kappa shape index (κ1) is 13.7. The summed E-state index contributed by atoms with van der Waals surface area (Å²) in [5.41, 5.74) is 8.53. The molecule has 0 saturated carbocycles. The van der Waals surface area contributed by atoms with Gasteiger partial charge in [-0.05, 0) is 55.9 Å². The molecule has 0 bridgehead atoms. The number of rotatable bonds is 4. The first-order valence-electron chi connectivity index (χ1n) is 7.42. The van der Waals surface area contributed by atoms with E-state index in [2.05, 4.69) is 27.4 Å². The quantitative estimate of drug-likeness (QED) is 0.902. The maximum atomic E-state index is 5.84. The Morgan fingerprint density at radius 2 is 1.95 bits per heavy atom. The second-order valence-electron chi connectivity index (χ2n) is 5.22. The molecule has 110 valence electrons. The molecule has 5 heteroatoms. The van der Waals surface area contributed by atoms with Crippen LogP contribution >= 0.6 is 0 Å². The number of hydrogen-bond donors (Lipinski definition) is 2. The third-order valence-corrected chi connectivity index (χ3v) is 3.62. The number of fused-ring (bicyclic) bond motifs is 1. The molecule has 0 unspecified atom stereocenters. The van der Waals surface area contributed by atoms with Gasteiger partial charge in [0, 0.05) is 12.6 Å². The van der Waals surface area contributed by atoms with Crippen molar-refractivity contribution in [2.24, 2.45) is 0 Å². The van der Waals surface area contributed by atoms with E-state index in [0.29, 0.717) is 11.7 Å². The molecule has 1 heterocycles. The van der Waals surface area contributed by atoms with Gasteiger partial charge in [-0.2, -0.15) is 9.97 Å². The SMILES string of the molecule is CCNc1cc(Oc2ccc3c(c2)CCCC3)nc(N)n1. The largest absolute Gasteiger partial charge is 0.439 e. The van der Waals surface area contributed by atoms with Crippen LogP contribution in [0.15, 0.2) is 24.3 Å². The van der Waals surface area contributed by atoms with Gasteiger partial charge in [-0.15, -0.1) is 0 Å². The number of aryl methyl sites for hydroxylation is 2. The van der Waals surface area contributed by atoms with E-state index in [4.69, 9.17) is 10.5 Å². The van der Waals surface area contributed by atoms with Gasteiger partial charge in [0.2, 0.25) is 11.8 Å². The van der Waals surface area contributed by atoms with E-state index < -0.39 is 0 Å². The highest BCUT2D eigenvalue weighted by Crippen LogP contribution is 2.28. The molecule has 0 saturated heterocycles. The monoisotopic (exact) mass is 284 g/mol. The number of nitrogens with one attached hydrogen (secondary N) is 1. The van der Waals surface area contributed by atoms with Crippen LogP contribution in [0.5, 0.6) is 11.6 Å². The van der Waals surface area contributed by atoms with Crippen molar-refractivity contribution >= 4 is 11.8 Å². The lowest BCUT2D eigenvalue weighted by molar-refractivity contribution is 0.461. The minimum Gasteiger partial charge on any atom is -0.439 e. The Hall–Kier alpha value is -2.30. The number of nitrogen functional groups attached to an aromatic ring is 1. The van der Waals surface area contributed by atoms with Gasteiger partial charge in [0.05, 0.1) is 0 Å². The van der Waals surface area contributed by atoms with E-state index in [-0.39, 0.29) is 5.95 Å². The minimum absolute atomic E-state index is 0.210. The molecule has 1 aromatic carbocycles. The smallest absolute Gasteiger partial charge is 0.226 e. The summed E-state index contributed by atoms with van der Waals surface area (Å²) < 4.78 is 5.84. The van der Waals surface area contributed by atoms with E-state index in [1.165, 1.54) is 30.4 Å². The van der Waals surface area contributed by atoms with Crippen molar-refractivity contribution in [1.82, 2.24) is 9.97 Å². The fraction of sp³-hybridized carbons (Fsp3) is 0.375. The van der Waals surface area contributed by atoms with Crippen LogP contribution < -0.4 is 15.8 Å². The van der Waals surface area contributed by atoms with E-state index >= 15 is 0 Å². The second-order valence-corrected chi connectivity index (χ2v) is 5.22. The highest BCUT2D eigenvalue weighted by Gasteiger charge is 2.11. The third kappa shape index (κ3) is 3.24. The van der Waals surface area contributed by atoms with Crippen LogP contribution in [0.4, 0.5) is 11.8 Å². The van der Waals surface area contributed by atoms with Gasteiger partial charge >= 0.3 is 0 Å². The van der Waals surface area contributed by atoms with Gasteiger partial charge < -0.3 is 15.8 Å². The number of ether oxygens (including phenoxy) is 1. The van der Waals surface area contributed by atoms with Gasteiger partial charge in [0.25, 0.3) is 0 Å².